The van der Waals surface area contributed by atoms with E-state index in [9.17, 15) is 0 Å². The molecule has 1 aromatic carbocycles. The molecule has 1 N–H and O–H groups in total. The van der Waals surface area contributed by atoms with Crippen LogP contribution in [0.4, 0.5) is 0 Å². The fraction of sp³-hybridized carbons (Fsp3) is 0.471. The van der Waals surface area contributed by atoms with Crippen molar-refractivity contribution in [3.8, 4) is 0 Å². The highest BCUT2D eigenvalue weighted by molar-refractivity contribution is 5.25. The maximum atomic E-state index is 4.54. The molecule has 0 amide bonds. The molecular formula is C17H25N3. The van der Waals surface area contributed by atoms with Gasteiger partial charge in [-0.25, -0.2) is 0 Å². The van der Waals surface area contributed by atoms with Gasteiger partial charge in [0.15, 0.2) is 0 Å². The van der Waals surface area contributed by atoms with Gasteiger partial charge in [0.05, 0.1) is 17.4 Å². The summed E-state index contributed by atoms with van der Waals surface area (Å²) in [5.41, 5.74) is 5.11. The number of aromatic nitrogens is 2. The quantitative estimate of drug-likeness (QED) is 0.874. The van der Waals surface area contributed by atoms with E-state index in [4.69, 9.17) is 0 Å². The summed E-state index contributed by atoms with van der Waals surface area (Å²) in [5, 5.41) is 7.97. The average Bonchev–Trinajstić information content (AvgIpc) is 2.86. The van der Waals surface area contributed by atoms with E-state index >= 15 is 0 Å². The van der Waals surface area contributed by atoms with Gasteiger partial charge in [-0.15, -0.1) is 0 Å². The zero-order chi connectivity index (χ0) is 14.5. The zero-order valence-corrected chi connectivity index (χ0v) is 13.0. The van der Waals surface area contributed by atoms with Crippen LogP contribution in [0.25, 0.3) is 0 Å². The summed E-state index contributed by atoms with van der Waals surface area (Å²) in [7, 11) is 2.02. The number of likely N-dealkylation sites (N-methyl/N-ethyl adjacent to an activating group) is 1. The fourth-order valence-corrected chi connectivity index (χ4v) is 2.60. The number of nitrogens with one attached hydrogen (secondary N) is 1. The SMILES string of the molecule is CCc1ccc(CC(NC)c2cc(C)nn2CC)cc1. The largest absolute Gasteiger partial charge is 0.311 e. The van der Waals surface area contributed by atoms with Gasteiger partial charge in [-0.3, -0.25) is 4.68 Å². The lowest BCUT2D eigenvalue weighted by Crippen LogP contribution is -2.22. The Kier molecular flexibility index (Phi) is 4.96. The molecule has 1 heterocycles. The molecule has 1 unspecified atom stereocenters. The van der Waals surface area contributed by atoms with E-state index in [1.54, 1.807) is 0 Å². The maximum Gasteiger partial charge on any atom is 0.0597 e. The van der Waals surface area contributed by atoms with E-state index in [1.165, 1.54) is 16.8 Å². The van der Waals surface area contributed by atoms with Gasteiger partial charge < -0.3 is 5.32 Å². The van der Waals surface area contributed by atoms with E-state index in [-0.39, 0.29) is 0 Å². The van der Waals surface area contributed by atoms with E-state index in [0.29, 0.717) is 6.04 Å². The fourth-order valence-electron chi connectivity index (χ4n) is 2.60. The highest BCUT2D eigenvalue weighted by Gasteiger charge is 2.15. The van der Waals surface area contributed by atoms with Crippen molar-refractivity contribution in [1.29, 1.82) is 0 Å². The van der Waals surface area contributed by atoms with Gasteiger partial charge in [0.25, 0.3) is 0 Å². The van der Waals surface area contributed by atoms with Crippen molar-refractivity contribution in [2.24, 2.45) is 0 Å². The van der Waals surface area contributed by atoms with Gasteiger partial charge in [-0.1, -0.05) is 31.2 Å². The van der Waals surface area contributed by atoms with Crippen LogP contribution in [-0.4, -0.2) is 16.8 Å². The smallest absolute Gasteiger partial charge is 0.0597 e. The molecule has 0 radical (unpaired) electrons. The molecule has 0 spiro atoms. The Labute approximate surface area is 122 Å². The highest BCUT2D eigenvalue weighted by Crippen LogP contribution is 2.20. The Morgan fingerprint density at radius 2 is 1.80 bits per heavy atom. The van der Waals surface area contributed by atoms with Crippen LogP contribution in [0.2, 0.25) is 0 Å². The molecule has 0 saturated carbocycles. The Morgan fingerprint density at radius 1 is 1.15 bits per heavy atom. The van der Waals surface area contributed by atoms with E-state index in [1.807, 2.05) is 7.05 Å². The second-order valence-electron chi connectivity index (χ2n) is 5.24. The lowest BCUT2D eigenvalue weighted by molar-refractivity contribution is 0.512. The van der Waals surface area contributed by atoms with E-state index in [2.05, 4.69) is 66.2 Å². The van der Waals surface area contributed by atoms with Gasteiger partial charge in [-0.05, 0) is 50.9 Å². The molecule has 0 aliphatic carbocycles. The number of hydrogen-bond donors (Lipinski definition) is 1. The normalized spacial score (nSPS) is 12.6. The standard InChI is InChI=1S/C17H25N3/c1-5-14-7-9-15(10-8-14)12-16(18-4)17-11-13(3)19-20(17)6-2/h7-11,16,18H,5-6,12H2,1-4H3. The van der Waals surface area contributed by atoms with Gasteiger partial charge in [0.1, 0.15) is 0 Å². The van der Waals surface area contributed by atoms with E-state index < -0.39 is 0 Å². The second kappa shape index (κ2) is 6.71. The average molecular weight is 271 g/mol. The number of aryl methyl sites for hydroxylation is 3. The van der Waals surface area contributed by atoms with Crippen LogP contribution in [0.15, 0.2) is 30.3 Å². The monoisotopic (exact) mass is 271 g/mol. The van der Waals surface area contributed by atoms with Gasteiger partial charge in [0.2, 0.25) is 0 Å². The summed E-state index contributed by atoms with van der Waals surface area (Å²) >= 11 is 0. The van der Waals surface area contributed by atoms with Crippen LogP contribution in [0.3, 0.4) is 0 Å². The van der Waals surface area contributed by atoms with Crippen molar-refractivity contribution in [3.63, 3.8) is 0 Å². The summed E-state index contributed by atoms with van der Waals surface area (Å²) in [6.45, 7) is 7.29. The topological polar surface area (TPSA) is 29.9 Å². The molecule has 0 saturated heterocycles. The Balaban J connectivity index is 2.19. The van der Waals surface area contributed by atoms with Crippen molar-refractivity contribution in [2.45, 2.75) is 46.2 Å². The van der Waals surface area contributed by atoms with Crippen molar-refractivity contribution >= 4 is 0 Å². The minimum Gasteiger partial charge on any atom is -0.311 e. The molecule has 2 aromatic rings. The molecule has 1 aromatic heterocycles. The van der Waals surface area contributed by atoms with Crippen molar-refractivity contribution in [2.75, 3.05) is 7.05 Å². The van der Waals surface area contributed by atoms with Crippen LogP contribution in [0.5, 0.6) is 0 Å². The van der Waals surface area contributed by atoms with Gasteiger partial charge >= 0.3 is 0 Å². The predicted octanol–water partition coefficient (Wildman–Crippen LogP) is 3.28. The van der Waals surface area contributed by atoms with Crippen molar-refractivity contribution in [1.82, 2.24) is 15.1 Å². The first kappa shape index (κ1) is 14.8. The lowest BCUT2D eigenvalue weighted by Gasteiger charge is -2.17. The molecule has 3 heteroatoms. The molecule has 20 heavy (non-hydrogen) atoms. The molecule has 0 aliphatic rings. The van der Waals surface area contributed by atoms with Gasteiger partial charge in [-0.2, -0.15) is 5.10 Å². The van der Waals surface area contributed by atoms with Crippen molar-refractivity contribution < 1.29 is 0 Å². The van der Waals surface area contributed by atoms with Crippen LogP contribution in [0, 0.1) is 6.92 Å². The zero-order valence-electron chi connectivity index (χ0n) is 13.0. The highest BCUT2D eigenvalue weighted by atomic mass is 15.3. The number of hydrogen-bond acceptors (Lipinski definition) is 2. The van der Waals surface area contributed by atoms with Crippen LogP contribution in [-0.2, 0) is 19.4 Å². The van der Waals surface area contributed by atoms with E-state index in [0.717, 1.165) is 25.1 Å². The lowest BCUT2D eigenvalue weighted by atomic mass is 10.0. The first-order chi connectivity index (χ1) is 9.67. The Morgan fingerprint density at radius 3 is 2.35 bits per heavy atom. The number of benzene rings is 1. The minimum absolute atomic E-state index is 0.309. The summed E-state index contributed by atoms with van der Waals surface area (Å²) < 4.78 is 2.09. The third kappa shape index (κ3) is 3.28. The molecule has 2 rings (SSSR count). The third-order valence-corrected chi connectivity index (χ3v) is 3.81. The summed E-state index contributed by atoms with van der Waals surface area (Å²) in [6.07, 6.45) is 2.09. The first-order valence-corrected chi connectivity index (χ1v) is 7.47. The maximum absolute atomic E-state index is 4.54. The molecule has 0 aliphatic heterocycles. The van der Waals surface area contributed by atoms with Crippen LogP contribution < -0.4 is 5.32 Å². The first-order valence-electron chi connectivity index (χ1n) is 7.47. The molecule has 3 nitrogen and oxygen atoms in total. The Bertz CT molecular complexity index is 540. The minimum atomic E-state index is 0.309. The molecule has 0 bridgehead atoms. The molecule has 0 fully saturated rings. The number of nitrogens with zero attached hydrogens (tertiary/aromatic N) is 2. The molecule has 1 atom stereocenters. The summed E-state index contributed by atoms with van der Waals surface area (Å²) in [5.74, 6) is 0. The van der Waals surface area contributed by atoms with Crippen LogP contribution >= 0.6 is 0 Å². The number of rotatable bonds is 6. The summed E-state index contributed by atoms with van der Waals surface area (Å²) in [6, 6.07) is 11.4. The van der Waals surface area contributed by atoms with Gasteiger partial charge in [0, 0.05) is 6.54 Å². The Hall–Kier alpha value is -1.61. The molecule has 108 valence electrons. The third-order valence-electron chi connectivity index (χ3n) is 3.81. The predicted molar refractivity (Wildman–Crippen MR) is 84.0 cm³/mol. The molecular weight excluding hydrogens is 246 g/mol. The second-order valence-corrected chi connectivity index (χ2v) is 5.24. The van der Waals surface area contributed by atoms with Crippen molar-refractivity contribution in [3.05, 3.63) is 52.8 Å². The summed E-state index contributed by atoms with van der Waals surface area (Å²) in [4.78, 5) is 0. The van der Waals surface area contributed by atoms with Crippen LogP contribution in [0.1, 0.15) is 42.4 Å².